The zero-order valence-corrected chi connectivity index (χ0v) is 15.8. The molecule has 0 unspecified atom stereocenters. The average Bonchev–Trinajstić information content (AvgIpc) is 3.19. The summed E-state index contributed by atoms with van der Waals surface area (Å²) >= 11 is 15.5. The molecular formula is C13H8Cl2N4O2S3. The molecule has 0 bridgehead atoms. The van der Waals surface area contributed by atoms with Crippen molar-refractivity contribution in [2.24, 2.45) is 0 Å². The van der Waals surface area contributed by atoms with Crippen molar-refractivity contribution in [3.05, 3.63) is 49.9 Å². The van der Waals surface area contributed by atoms with E-state index in [4.69, 9.17) is 27.9 Å². The second-order valence-corrected chi connectivity index (χ2v) is 8.08. The number of benzene rings is 1. The van der Waals surface area contributed by atoms with Crippen molar-refractivity contribution in [3.63, 3.8) is 0 Å². The summed E-state index contributed by atoms with van der Waals surface area (Å²) in [5.74, 6) is 0.0613. The highest BCUT2D eigenvalue weighted by atomic mass is 35.5. The molecule has 1 aromatic carbocycles. The summed E-state index contributed by atoms with van der Waals surface area (Å²) in [5, 5.41) is 7.77. The van der Waals surface area contributed by atoms with Crippen LogP contribution >= 0.6 is 58.0 Å². The molecule has 0 aliphatic rings. The van der Waals surface area contributed by atoms with E-state index in [1.807, 2.05) is 12.1 Å². The van der Waals surface area contributed by atoms with Crippen LogP contribution in [0.3, 0.4) is 0 Å². The van der Waals surface area contributed by atoms with Crippen LogP contribution in [0.2, 0.25) is 8.67 Å². The summed E-state index contributed by atoms with van der Waals surface area (Å²) in [7, 11) is 0. The summed E-state index contributed by atoms with van der Waals surface area (Å²) in [6.45, 7) is -0.0188. The fourth-order valence-electron chi connectivity index (χ4n) is 1.69. The molecule has 3 rings (SSSR count). The average molecular weight is 419 g/mol. The minimum absolute atomic E-state index is 0.0188. The maximum Gasteiger partial charge on any atom is 0.339 e. The monoisotopic (exact) mass is 418 g/mol. The molecule has 24 heavy (non-hydrogen) atoms. The molecule has 0 N–H and O–H groups in total. The van der Waals surface area contributed by atoms with Gasteiger partial charge in [0.15, 0.2) is 0 Å². The lowest BCUT2D eigenvalue weighted by Gasteiger charge is -2.08. The van der Waals surface area contributed by atoms with Crippen molar-refractivity contribution in [2.75, 3.05) is 0 Å². The number of carbonyl (C=O) groups excluding carboxylic acids is 1. The topological polar surface area (TPSA) is 77.9 Å². The first-order valence-corrected chi connectivity index (χ1v) is 9.76. The van der Waals surface area contributed by atoms with Crippen molar-refractivity contribution >= 4 is 64.0 Å². The molecule has 0 spiro atoms. The number of carbonyl (C=O) groups is 1. The van der Waals surface area contributed by atoms with Crippen LogP contribution in [-0.2, 0) is 17.1 Å². The third-order valence-corrected chi connectivity index (χ3v) is 5.88. The minimum Gasteiger partial charge on any atom is -0.455 e. The maximum absolute atomic E-state index is 12.3. The van der Waals surface area contributed by atoms with E-state index in [-0.39, 0.29) is 6.61 Å². The highest BCUT2D eigenvalue weighted by molar-refractivity contribution is 7.98. The van der Waals surface area contributed by atoms with Gasteiger partial charge in [0.05, 0.1) is 5.56 Å². The largest absolute Gasteiger partial charge is 0.455 e. The molecule has 0 saturated carbocycles. The van der Waals surface area contributed by atoms with Crippen LogP contribution in [0.15, 0.2) is 29.2 Å². The molecular weight excluding hydrogens is 411 g/mol. The Balaban J connectivity index is 1.67. The lowest BCUT2D eigenvalue weighted by molar-refractivity contribution is 0.0464. The van der Waals surface area contributed by atoms with E-state index in [2.05, 4.69) is 19.2 Å². The highest BCUT2D eigenvalue weighted by Gasteiger charge is 2.16. The van der Waals surface area contributed by atoms with Crippen LogP contribution < -0.4 is 0 Å². The van der Waals surface area contributed by atoms with Crippen molar-refractivity contribution in [3.8, 4) is 0 Å². The first kappa shape index (κ1) is 17.6. The van der Waals surface area contributed by atoms with Gasteiger partial charge in [0.2, 0.25) is 0 Å². The number of esters is 1. The molecule has 11 heteroatoms. The Hall–Kier alpha value is -1.26. The van der Waals surface area contributed by atoms with E-state index in [9.17, 15) is 4.79 Å². The third-order valence-electron chi connectivity index (χ3n) is 2.83. The van der Waals surface area contributed by atoms with Gasteiger partial charge in [0.1, 0.15) is 26.7 Å². The van der Waals surface area contributed by atoms with E-state index in [0.717, 1.165) is 28.0 Å². The molecule has 0 aliphatic heterocycles. The van der Waals surface area contributed by atoms with Crippen LogP contribution in [0, 0.1) is 0 Å². The lowest BCUT2D eigenvalue weighted by Crippen LogP contribution is -2.07. The molecule has 2 aromatic heterocycles. The second kappa shape index (κ2) is 8.21. The fraction of sp³-hybridized carbons (Fsp3) is 0.154. The van der Waals surface area contributed by atoms with Crippen molar-refractivity contribution < 1.29 is 9.53 Å². The smallest absolute Gasteiger partial charge is 0.339 e. The van der Waals surface area contributed by atoms with Crippen LogP contribution in [0.4, 0.5) is 0 Å². The number of aromatic nitrogens is 4. The Kier molecular flexibility index (Phi) is 6.01. The number of hydrogen-bond donors (Lipinski definition) is 0. The Labute approximate surface area is 159 Å². The molecule has 0 atom stereocenters. The molecule has 0 saturated heterocycles. The molecule has 0 aliphatic carbocycles. The van der Waals surface area contributed by atoms with Gasteiger partial charge in [-0.25, -0.2) is 4.79 Å². The van der Waals surface area contributed by atoms with Gasteiger partial charge in [-0.05, 0) is 12.1 Å². The Morgan fingerprint density at radius 3 is 2.42 bits per heavy atom. The molecule has 124 valence electrons. The quantitative estimate of drug-likeness (QED) is 0.434. The Bertz CT molecular complexity index is 855. The van der Waals surface area contributed by atoms with Crippen molar-refractivity contribution in [1.82, 2.24) is 19.2 Å². The number of thioether (sulfide) groups is 1. The summed E-state index contributed by atoms with van der Waals surface area (Å²) in [4.78, 5) is 13.1. The Morgan fingerprint density at radius 1 is 1.08 bits per heavy atom. The van der Waals surface area contributed by atoms with Gasteiger partial charge < -0.3 is 4.74 Å². The zero-order valence-electron chi connectivity index (χ0n) is 11.8. The summed E-state index contributed by atoms with van der Waals surface area (Å²) in [5.41, 5.74) is 1.59. The molecule has 2 heterocycles. The van der Waals surface area contributed by atoms with Crippen LogP contribution in [0.5, 0.6) is 0 Å². The number of rotatable bonds is 6. The van der Waals surface area contributed by atoms with E-state index < -0.39 is 5.97 Å². The molecule has 0 amide bonds. The molecule has 0 radical (unpaired) electrons. The third kappa shape index (κ3) is 4.22. The predicted molar refractivity (Wildman–Crippen MR) is 95.0 cm³/mol. The standard InChI is InChI=1S/C13H8Cl2N4O2S3/c14-11-8(16-18-23-11)5-21-13(20)7-3-1-2-4-10(7)22-6-9-12(15)24-19-17-9/h1-4H,5-6H2. The maximum atomic E-state index is 12.3. The number of nitrogens with zero attached hydrogens (tertiary/aromatic N) is 4. The molecule has 0 fully saturated rings. The molecule has 6 nitrogen and oxygen atoms in total. The minimum atomic E-state index is -0.454. The fourth-order valence-corrected chi connectivity index (χ4v) is 4.06. The van der Waals surface area contributed by atoms with Gasteiger partial charge >= 0.3 is 5.97 Å². The van der Waals surface area contributed by atoms with Gasteiger partial charge in [0, 0.05) is 33.7 Å². The predicted octanol–water partition coefficient (Wildman–Crippen LogP) is 4.35. The lowest BCUT2D eigenvalue weighted by atomic mass is 10.2. The van der Waals surface area contributed by atoms with Gasteiger partial charge in [-0.1, -0.05) is 44.3 Å². The van der Waals surface area contributed by atoms with Gasteiger partial charge in [-0.3, -0.25) is 0 Å². The van der Waals surface area contributed by atoms with Gasteiger partial charge in [-0.15, -0.1) is 22.0 Å². The van der Waals surface area contributed by atoms with E-state index in [1.54, 1.807) is 12.1 Å². The normalized spacial score (nSPS) is 10.8. The summed E-state index contributed by atoms with van der Waals surface area (Å²) in [6.07, 6.45) is 0. The van der Waals surface area contributed by atoms with Gasteiger partial charge in [-0.2, -0.15) is 0 Å². The first-order valence-electron chi connectivity index (χ1n) is 6.47. The number of ether oxygens (including phenoxy) is 1. The van der Waals surface area contributed by atoms with Crippen molar-refractivity contribution in [1.29, 1.82) is 0 Å². The first-order chi connectivity index (χ1) is 11.6. The Morgan fingerprint density at radius 2 is 1.75 bits per heavy atom. The van der Waals surface area contributed by atoms with Crippen molar-refractivity contribution in [2.45, 2.75) is 17.3 Å². The second-order valence-electron chi connectivity index (χ2n) is 4.35. The number of hydrogen-bond acceptors (Lipinski definition) is 9. The summed E-state index contributed by atoms with van der Waals surface area (Å²) in [6, 6.07) is 7.16. The van der Waals surface area contributed by atoms with Crippen LogP contribution in [0.1, 0.15) is 21.7 Å². The van der Waals surface area contributed by atoms with Gasteiger partial charge in [0.25, 0.3) is 0 Å². The zero-order chi connectivity index (χ0) is 16.9. The SMILES string of the molecule is O=C(OCc1nnsc1Cl)c1ccccc1SCc1nnsc1Cl. The van der Waals surface area contributed by atoms with E-state index in [1.165, 1.54) is 11.8 Å². The number of halogens is 2. The molecule has 3 aromatic rings. The van der Waals surface area contributed by atoms with Crippen LogP contribution in [0.25, 0.3) is 0 Å². The van der Waals surface area contributed by atoms with E-state index >= 15 is 0 Å². The highest BCUT2D eigenvalue weighted by Crippen LogP contribution is 2.30. The van der Waals surface area contributed by atoms with Crippen LogP contribution in [-0.4, -0.2) is 25.1 Å². The summed E-state index contributed by atoms with van der Waals surface area (Å²) < 4.78 is 13.7. The van der Waals surface area contributed by atoms with E-state index in [0.29, 0.717) is 31.4 Å².